The zero-order chi connectivity index (χ0) is 5.82. The average Bonchev–Trinajstić information content (AvgIpc) is 1.90. The van der Waals surface area contributed by atoms with Crippen molar-refractivity contribution in [2.45, 2.75) is 6.61 Å². The molecule has 0 aromatic heterocycles. The van der Waals surface area contributed by atoms with Crippen molar-refractivity contribution in [3.8, 4) is 0 Å². The number of aliphatic hydroxyl groups excluding tert-OH is 1. The zero-order valence-electron chi connectivity index (χ0n) is 4.54. The molecule has 0 aliphatic heterocycles. The molecular formula is C7H9NaO. The normalized spacial score (nSPS) is 8.11. The van der Waals surface area contributed by atoms with Gasteiger partial charge in [-0.15, -0.1) is 0 Å². The number of hydrogen-bond acceptors (Lipinski definition) is 1. The minimum absolute atomic E-state index is 0. The van der Waals surface area contributed by atoms with Crippen LogP contribution in [0.3, 0.4) is 0 Å². The quantitative estimate of drug-likeness (QED) is 0.552. The Morgan fingerprint density at radius 3 is 2.00 bits per heavy atom. The van der Waals surface area contributed by atoms with Crippen molar-refractivity contribution < 1.29 is 5.11 Å². The summed E-state index contributed by atoms with van der Waals surface area (Å²) in [4.78, 5) is 0. The molecule has 0 fully saturated rings. The van der Waals surface area contributed by atoms with Crippen LogP contribution in [0.5, 0.6) is 0 Å². The van der Waals surface area contributed by atoms with Crippen LogP contribution in [0.1, 0.15) is 5.56 Å². The van der Waals surface area contributed by atoms with Crippen LogP contribution in [0.25, 0.3) is 0 Å². The first kappa shape index (κ1) is 9.18. The molecule has 0 atom stereocenters. The Bertz CT molecular complexity index is 150. The molecule has 9 heavy (non-hydrogen) atoms. The summed E-state index contributed by atoms with van der Waals surface area (Å²) >= 11 is 0. The van der Waals surface area contributed by atoms with E-state index in [1.165, 1.54) is 0 Å². The number of aliphatic hydroxyl groups is 1. The summed E-state index contributed by atoms with van der Waals surface area (Å²) in [6.45, 7) is 0.140. The number of rotatable bonds is 1. The standard InChI is InChI=1S/C7H8O.Na.H/c8-6-7-4-2-1-3-5-7;;/h1-5,8H,6H2;;. The van der Waals surface area contributed by atoms with Gasteiger partial charge in [0.15, 0.2) is 0 Å². The zero-order valence-corrected chi connectivity index (χ0v) is 4.54. The second kappa shape index (κ2) is 5.00. The third-order valence-electron chi connectivity index (χ3n) is 1.03. The molecule has 0 aliphatic rings. The third-order valence-corrected chi connectivity index (χ3v) is 1.03. The van der Waals surface area contributed by atoms with Gasteiger partial charge in [-0.05, 0) is 5.56 Å². The molecule has 0 aliphatic carbocycles. The van der Waals surface area contributed by atoms with Gasteiger partial charge in [0.25, 0.3) is 0 Å². The van der Waals surface area contributed by atoms with Gasteiger partial charge in [0.1, 0.15) is 0 Å². The van der Waals surface area contributed by atoms with Crippen molar-refractivity contribution in [1.29, 1.82) is 0 Å². The topological polar surface area (TPSA) is 20.2 Å². The van der Waals surface area contributed by atoms with E-state index in [2.05, 4.69) is 0 Å². The van der Waals surface area contributed by atoms with Gasteiger partial charge in [0.05, 0.1) is 6.61 Å². The predicted molar refractivity (Wildman–Crippen MR) is 39.5 cm³/mol. The van der Waals surface area contributed by atoms with E-state index < -0.39 is 0 Å². The van der Waals surface area contributed by atoms with E-state index in [1.54, 1.807) is 0 Å². The second-order valence-electron chi connectivity index (χ2n) is 1.64. The maximum atomic E-state index is 8.54. The first-order chi connectivity index (χ1) is 3.93. The first-order valence-corrected chi connectivity index (χ1v) is 2.58. The molecule has 0 saturated carbocycles. The van der Waals surface area contributed by atoms with E-state index >= 15 is 0 Å². The Labute approximate surface area is 77.0 Å². The average molecular weight is 132 g/mol. The van der Waals surface area contributed by atoms with Gasteiger partial charge in [0, 0.05) is 0 Å². The Hall–Kier alpha value is 0.180. The molecule has 0 saturated heterocycles. The van der Waals surface area contributed by atoms with E-state index in [0.29, 0.717) is 0 Å². The molecule has 44 valence electrons. The fourth-order valence-corrected chi connectivity index (χ4v) is 0.583. The summed E-state index contributed by atoms with van der Waals surface area (Å²) in [5, 5.41) is 8.54. The van der Waals surface area contributed by atoms with Gasteiger partial charge in [-0.2, -0.15) is 0 Å². The molecule has 0 unspecified atom stereocenters. The fraction of sp³-hybridized carbons (Fsp3) is 0.143. The molecule has 1 rings (SSSR count). The van der Waals surface area contributed by atoms with Crippen molar-refractivity contribution in [2.75, 3.05) is 0 Å². The van der Waals surface area contributed by atoms with E-state index in [1.807, 2.05) is 30.3 Å². The third kappa shape index (κ3) is 3.01. The molecule has 2 heteroatoms. The van der Waals surface area contributed by atoms with Crippen LogP contribution in [0.2, 0.25) is 0 Å². The van der Waals surface area contributed by atoms with Crippen molar-refractivity contribution in [1.82, 2.24) is 0 Å². The number of hydrogen-bond donors (Lipinski definition) is 1. The summed E-state index contributed by atoms with van der Waals surface area (Å²) in [5.41, 5.74) is 0.965. The van der Waals surface area contributed by atoms with Crippen molar-refractivity contribution >= 4 is 29.6 Å². The summed E-state index contributed by atoms with van der Waals surface area (Å²) < 4.78 is 0. The van der Waals surface area contributed by atoms with Gasteiger partial charge in [0.2, 0.25) is 0 Å². The molecule has 1 N–H and O–H groups in total. The van der Waals surface area contributed by atoms with Crippen LogP contribution in [0, 0.1) is 0 Å². The van der Waals surface area contributed by atoms with Crippen LogP contribution >= 0.6 is 0 Å². The van der Waals surface area contributed by atoms with Crippen LogP contribution in [-0.4, -0.2) is 34.7 Å². The Morgan fingerprint density at radius 2 is 1.67 bits per heavy atom. The van der Waals surface area contributed by atoms with E-state index in [-0.39, 0.29) is 36.2 Å². The van der Waals surface area contributed by atoms with Crippen molar-refractivity contribution in [3.05, 3.63) is 35.9 Å². The molecule has 0 spiro atoms. The van der Waals surface area contributed by atoms with E-state index in [4.69, 9.17) is 5.11 Å². The van der Waals surface area contributed by atoms with Crippen molar-refractivity contribution in [3.63, 3.8) is 0 Å². The Kier molecular flexibility index (Phi) is 5.10. The molecule has 0 radical (unpaired) electrons. The molecule has 0 amide bonds. The predicted octanol–water partition coefficient (Wildman–Crippen LogP) is 0.530. The molecule has 0 bridgehead atoms. The molecular weight excluding hydrogens is 123 g/mol. The van der Waals surface area contributed by atoms with E-state index in [0.717, 1.165) is 5.56 Å². The maximum absolute atomic E-state index is 8.54. The fourth-order valence-electron chi connectivity index (χ4n) is 0.583. The summed E-state index contributed by atoms with van der Waals surface area (Å²) in [5.74, 6) is 0. The molecule has 1 nitrogen and oxygen atoms in total. The Balaban J connectivity index is 0.000000640. The SMILES string of the molecule is OCc1ccccc1.[NaH]. The summed E-state index contributed by atoms with van der Waals surface area (Å²) in [6.07, 6.45) is 0. The molecule has 0 heterocycles. The van der Waals surface area contributed by atoms with Crippen LogP contribution in [-0.2, 0) is 6.61 Å². The summed E-state index contributed by atoms with van der Waals surface area (Å²) in [7, 11) is 0. The van der Waals surface area contributed by atoms with Gasteiger partial charge >= 0.3 is 29.6 Å². The second-order valence-corrected chi connectivity index (χ2v) is 1.64. The summed E-state index contributed by atoms with van der Waals surface area (Å²) in [6, 6.07) is 9.52. The van der Waals surface area contributed by atoms with Crippen LogP contribution < -0.4 is 0 Å². The van der Waals surface area contributed by atoms with Gasteiger partial charge in [-0.1, -0.05) is 30.3 Å². The van der Waals surface area contributed by atoms with Crippen LogP contribution in [0.15, 0.2) is 30.3 Å². The Morgan fingerprint density at radius 1 is 1.11 bits per heavy atom. The van der Waals surface area contributed by atoms with Gasteiger partial charge < -0.3 is 5.11 Å². The first-order valence-electron chi connectivity index (χ1n) is 2.58. The molecule has 1 aromatic carbocycles. The van der Waals surface area contributed by atoms with Gasteiger partial charge in [-0.25, -0.2) is 0 Å². The van der Waals surface area contributed by atoms with Gasteiger partial charge in [-0.3, -0.25) is 0 Å². The minimum atomic E-state index is 0. The number of benzene rings is 1. The van der Waals surface area contributed by atoms with Crippen LogP contribution in [0.4, 0.5) is 0 Å². The van der Waals surface area contributed by atoms with E-state index in [9.17, 15) is 0 Å². The molecule has 1 aromatic rings. The monoisotopic (exact) mass is 132 g/mol. The van der Waals surface area contributed by atoms with Crippen molar-refractivity contribution in [2.24, 2.45) is 0 Å².